The first-order valence-corrected chi connectivity index (χ1v) is 10.7. The minimum atomic E-state index is -0.246. The van der Waals surface area contributed by atoms with Crippen LogP contribution in [0.25, 0.3) is 56.4 Å². The second-order valence-electron chi connectivity index (χ2n) is 7.90. The molecule has 6 aromatic rings. The molecule has 2 aromatic heterocycles. The number of para-hydroxylation sites is 1. The van der Waals surface area contributed by atoms with Crippen LogP contribution in [0, 0.1) is 5.82 Å². The Morgan fingerprint density at radius 2 is 1.42 bits per heavy atom. The van der Waals surface area contributed by atoms with Crippen LogP contribution in [0.4, 0.5) is 4.39 Å². The van der Waals surface area contributed by atoms with Gasteiger partial charge in [0.05, 0.1) is 12.7 Å². The average Bonchev–Trinajstić information content (AvgIpc) is 3.44. The highest BCUT2D eigenvalue weighted by molar-refractivity contribution is 6.18. The molecule has 0 spiro atoms. The third-order valence-corrected chi connectivity index (χ3v) is 5.87. The van der Waals surface area contributed by atoms with Crippen LogP contribution in [0.1, 0.15) is 11.1 Å². The summed E-state index contributed by atoms with van der Waals surface area (Å²) in [6.45, 7) is 0. The Kier molecular flexibility index (Phi) is 4.51. The average molecular weight is 434 g/mol. The van der Waals surface area contributed by atoms with Crippen LogP contribution in [0.2, 0.25) is 0 Å². The van der Waals surface area contributed by atoms with E-state index in [9.17, 15) is 4.39 Å². The van der Waals surface area contributed by atoms with Crippen LogP contribution in [-0.2, 0) is 0 Å². The SMILES string of the molecule is COc1cc(C=Cc2ccc(F)cc2)ccc1-c1cc2c(ccc3oc4ccccc4c32)o1. The number of ether oxygens (including phenoxy) is 1. The van der Waals surface area contributed by atoms with E-state index in [0.29, 0.717) is 5.75 Å². The Bertz CT molecular complexity index is 1650. The molecule has 0 atom stereocenters. The molecule has 33 heavy (non-hydrogen) atoms. The van der Waals surface area contributed by atoms with Gasteiger partial charge in [-0.3, -0.25) is 0 Å². The molecule has 0 saturated carbocycles. The Hall–Kier alpha value is -4.31. The van der Waals surface area contributed by atoms with Gasteiger partial charge in [-0.05, 0) is 59.7 Å². The van der Waals surface area contributed by atoms with E-state index in [1.807, 2.05) is 66.7 Å². The second-order valence-corrected chi connectivity index (χ2v) is 7.90. The van der Waals surface area contributed by atoms with Crippen molar-refractivity contribution in [1.29, 1.82) is 0 Å². The Labute approximate surface area is 189 Å². The predicted octanol–water partition coefficient (Wildman–Crippen LogP) is 8.32. The van der Waals surface area contributed by atoms with E-state index in [2.05, 4.69) is 6.07 Å². The number of benzene rings is 4. The molecule has 0 radical (unpaired) electrons. The van der Waals surface area contributed by atoms with Crippen LogP contribution in [0.5, 0.6) is 5.75 Å². The number of furan rings is 2. The molecule has 160 valence electrons. The van der Waals surface area contributed by atoms with E-state index < -0.39 is 0 Å². The number of hydrogen-bond acceptors (Lipinski definition) is 3. The summed E-state index contributed by atoms with van der Waals surface area (Å²) in [7, 11) is 1.65. The fourth-order valence-electron chi connectivity index (χ4n) is 4.25. The lowest BCUT2D eigenvalue weighted by molar-refractivity contribution is 0.415. The zero-order valence-electron chi connectivity index (χ0n) is 17.8. The second kappa shape index (κ2) is 7.68. The van der Waals surface area contributed by atoms with Gasteiger partial charge >= 0.3 is 0 Å². The van der Waals surface area contributed by atoms with Crippen molar-refractivity contribution in [3.05, 3.63) is 102 Å². The maximum atomic E-state index is 13.1. The van der Waals surface area contributed by atoms with E-state index in [4.69, 9.17) is 13.6 Å². The molecule has 0 saturated heterocycles. The molecular weight excluding hydrogens is 415 g/mol. The highest BCUT2D eigenvalue weighted by Crippen LogP contribution is 2.40. The zero-order valence-corrected chi connectivity index (χ0v) is 17.8. The Morgan fingerprint density at radius 1 is 0.697 bits per heavy atom. The van der Waals surface area contributed by atoms with Gasteiger partial charge in [0.25, 0.3) is 0 Å². The van der Waals surface area contributed by atoms with Crippen molar-refractivity contribution in [3.63, 3.8) is 0 Å². The van der Waals surface area contributed by atoms with Gasteiger partial charge in [-0.25, -0.2) is 4.39 Å². The largest absolute Gasteiger partial charge is 0.496 e. The molecule has 0 aliphatic rings. The van der Waals surface area contributed by atoms with Crippen LogP contribution in [0.15, 0.2) is 93.8 Å². The summed E-state index contributed by atoms with van der Waals surface area (Å²) in [5.41, 5.74) is 5.26. The maximum absolute atomic E-state index is 13.1. The summed E-state index contributed by atoms with van der Waals surface area (Å²) in [6, 6.07) is 26.3. The van der Waals surface area contributed by atoms with Crippen LogP contribution in [-0.4, -0.2) is 7.11 Å². The summed E-state index contributed by atoms with van der Waals surface area (Å²) in [5, 5.41) is 3.13. The Balaban J connectivity index is 1.42. The molecule has 0 bridgehead atoms. The lowest BCUT2D eigenvalue weighted by Gasteiger charge is -2.07. The first-order valence-electron chi connectivity index (χ1n) is 10.7. The number of hydrogen-bond donors (Lipinski definition) is 0. The van der Waals surface area contributed by atoms with Crippen molar-refractivity contribution in [2.75, 3.05) is 7.11 Å². The van der Waals surface area contributed by atoms with E-state index in [1.54, 1.807) is 19.2 Å². The molecule has 0 N–H and O–H groups in total. The lowest BCUT2D eigenvalue weighted by atomic mass is 10.0. The molecule has 0 aliphatic carbocycles. The number of fused-ring (bicyclic) bond motifs is 5. The monoisotopic (exact) mass is 434 g/mol. The third kappa shape index (κ3) is 3.37. The molecule has 0 amide bonds. The van der Waals surface area contributed by atoms with Gasteiger partial charge in [0.15, 0.2) is 0 Å². The summed E-state index contributed by atoms with van der Waals surface area (Å²) < 4.78 is 31.0. The smallest absolute Gasteiger partial charge is 0.139 e. The van der Waals surface area contributed by atoms with Crippen molar-refractivity contribution in [2.24, 2.45) is 0 Å². The van der Waals surface area contributed by atoms with E-state index in [0.717, 1.165) is 55.4 Å². The molecule has 4 aromatic carbocycles. The fraction of sp³-hybridized carbons (Fsp3) is 0.0345. The number of halogens is 1. The van der Waals surface area contributed by atoms with Gasteiger partial charge < -0.3 is 13.6 Å². The summed E-state index contributed by atoms with van der Waals surface area (Å²) in [4.78, 5) is 0. The van der Waals surface area contributed by atoms with Gasteiger partial charge in [-0.15, -0.1) is 0 Å². The van der Waals surface area contributed by atoms with E-state index in [1.165, 1.54) is 12.1 Å². The Morgan fingerprint density at radius 3 is 2.27 bits per heavy atom. The summed E-state index contributed by atoms with van der Waals surface area (Å²) >= 11 is 0. The molecule has 4 heteroatoms. The van der Waals surface area contributed by atoms with E-state index in [-0.39, 0.29) is 5.82 Å². The highest BCUT2D eigenvalue weighted by atomic mass is 19.1. The van der Waals surface area contributed by atoms with Gasteiger partial charge in [0, 0.05) is 16.2 Å². The number of rotatable bonds is 4. The third-order valence-electron chi connectivity index (χ3n) is 5.87. The van der Waals surface area contributed by atoms with Crippen LogP contribution >= 0.6 is 0 Å². The highest BCUT2D eigenvalue weighted by Gasteiger charge is 2.16. The van der Waals surface area contributed by atoms with Crippen LogP contribution in [0.3, 0.4) is 0 Å². The zero-order chi connectivity index (χ0) is 22.4. The predicted molar refractivity (Wildman–Crippen MR) is 131 cm³/mol. The van der Waals surface area contributed by atoms with Crippen molar-refractivity contribution in [2.45, 2.75) is 0 Å². The van der Waals surface area contributed by atoms with Crippen molar-refractivity contribution in [1.82, 2.24) is 0 Å². The molecule has 0 fully saturated rings. The first kappa shape index (κ1) is 19.4. The van der Waals surface area contributed by atoms with Gasteiger partial charge in [0.2, 0.25) is 0 Å². The lowest BCUT2D eigenvalue weighted by Crippen LogP contribution is -1.88. The molecule has 0 unspecified atom stereocenters. The van der Waals surface area contributed by atoms with Crippen molar-refractivity contribution >= 4 is 45.1 Å². The topological polar surface area (TPSA) is 35.5 Å². The minimum absolute atomic E-state index is 0.246. The van der Waals surface area contributed by atoms with E-state index >= 15 is 0 Å². The normalized spacial score (nSPS) is 11.8. The molecule has 3 nitrogen and oxygen atoms in total. The molecule has 2 heterocycles. The summed E-state index contributed by atoms with van der Waals surface area (Å²) in [5.74, 6) is 1.20. The standard InChI is InChI=1S/C29H19FO3/c1-31-27-16-19(7-6-18-8-11-20(30)12-9-18)10-13-21(27)28-17-23-25(33-28)14-15-26-29(23)22-4-2-3-5-24(22)32-26/h2-17H,1H3. The fourth-order valence-corrected chi connectivity index (χ4v) is 4.25. The molecule has 0 aliphatic heterocycles. The first-order chi connectivity index (χ1) is 16.2. The molecular formula is C29H19FO3. The maximum Gasteiger partial charge on any atom is 0.139 e. The summed E-state index contributed by atoms with van der Waals surface area (Å²) in [6.07, 6.45) is 3.91. The number of methoxy groups -OCH3 is 1. The van der Waals surface area contributed by atoms with Crippen LogP contribution < -0.4 is 4.74 Å². The van der Waals surface area contributed by atoms with Gasteiger partial charge in [-0.1, -0.05) is 48.6 Å². The quantitative estimate of drug-likeness (QED) is 0.262. The minimum Gasteiger partial charge on any atom is -0.496 e. The van der Waals surface area contributed by atoms with Gasteiger partial charge in [0.1, 0.15) is 34.1 Å². The molecule has 6 rings (SSSR count). The van der Waals surface area contributed by atoms with Crippen molar-refractivity contribution in [3.8, 4) is 17.1 Å². The van der Waals surface area contributed by atoms with Gasteiger partial charge in [-0.2, -0.15) is 0 Å². The van der Waals surface area contributed by atoms with Crippen molar-refractivity contribution < 1.29 is 18.0 Å².